The summed E-state index contributed by atoms with van der Waals surface area (Å²) in [7, 11) is 2.87. The topological polar surface area (TPSA) is 90.9 Å². The van der Waals surface area contributed by atoms with E-state index >= 15 is 0 Å². The van der Waals surface area contributed by atoms with Crippen LogP contribution in [0.1, 0.15) is 13.0 Å². The van der Waals surface area contributed by atoms with Crippen LogP contribution >= 0.6 is 0 Å². The van der Waals surface area contributed by atoms with E-state index in [1.54, 1.807) is 6.92 Å². The normalized spacial score (nSPS) is 12.3. The molecule has 1 unspecified atom stereocenters. The van der Waals surface area contributed by atoms with Crippen molar-refractivity contribution in [2.45, 2.75) is 13.0 Å². The first kappa shape index (κ1) is 16.6. The van der Waals surface area contributed by atoms with Gasteiger partial charge >= 0.3 is 5.69 Å². The minimum Gasteiger partial charge on any atom is -0.324 e. The van der Waals surface area contributed by atoms with Crippen LogP contribution in [0, 0.1) is 5.82 Å². The van der Waals surface area contributed by atoms with Crippen LogP contribution in [0.25, 0.3) is 11.2 Å². The molecule has 0 aliphatic carbocycles. The molecule has 0 fully saturated rings. The van der Waals surface area contributed by atoms with Crippen molar-refractivity contribution in [3.8, 4) is 0 Å². The molecule has 1 aromatic carbocycles. The number of rotatable bonds is 3. The smallest absolute Gasteiger partial charge is 0.324 e. The van der Waals surface area contributed by atoms with Gasteiger partial charge in [-0.2, -0.15) is 0 Å². The fraction of sp³-hybridized carbons (Fsp3) is 0.250. The number of aryl methyl sites for hydroxylation is 1. The zero-order chi connectivity index (χ0) is 18.3. The summed E-state index contributed by atoms with van der Waals surface area (Å²) in [5.74, 6) is -0.808. The average molecular weight is 345 g/mol. The van der Waals surface area contributed by atoms with Gasteiger partial charge in [0, 0.05) is 19.8 Å². The first-order chi connectivity index (χ1) is 11.8. The Morgan fingerprint density at radius 3 is 2.44 bits per heavy atom. The molecule has 3 aromatic rings. The number of nitrogens with zero attached hydrogens (tertiary/aromatic N) is 4. The van der Waals surface area contributed by atoms with Gasteiger partial charge in [-0.1, -0.05) is 0 Å². The largest absolute Gasteiger partial charge is 0.332 e. The van der Waals surface area contributed by atoms with E-state index in [0.717, 1.165) is 4.57 Å². The molecular weight excluding hydrogens is 329 g/mol. The van der Waals surface area contributed by atoms with Gasteiger partial charge in [0.15, 0.2) is 11.2 Å². The minimum atomic E-state index is -0.764. The highest BCUT2D eigenvalue weighted by atomic mass is 19.1. The van der Waals surface area contributed by atoms with Gasteiger partial charge < -0.3 is 9.88 Å². The molecule has 9 heteroatoms. The molecule has 25 heavy (non-hydrogen) atoms. The Balaban J connectivity index is 2.01. The zero-order valence-electron chi connectivity index (χ0n) is 13.9. The summed E-state index contributed by atoms with van der Waals surface area (Å²) in [6, 6.07) is 4.58. The summed E-state index contributed by atoms with van der Waals surface area (Å²) in [6.45, 7) is 1.60. The number of nitrogens with one attached hydrogen (secondary N) is 1. The fourth-order valence-corrected chi connectivity index (χ4v) is 2.56. The Hall–Kier alpha value is -3.23. The minimum absolute atomic E-state index is 0.159. The van der Waals surface area contributed by atoms with Gasteiger partial charge in [0.1, 0.15) is 11.9 Å². The lowest BCUT2D eigenvalue weighted by atomic mass is 10.2. The summed E-state index contributed by atoms with van der Waals surface area (Å²) in [5.41, 5.74) is -0.230. The monoisotopic (exact) mass is 345 g/mol. The summed E-state index contributed by atoms with van der Waals surface area (Å²) in [5, 5.41) is 2.65. The van der Waals surface area contributed by atoms with Crippen LogP contribution in [-0.4, -0.2) is 24.6 Å². The molecule has 1 amide bonds. The second kappa shape index (κ2) is 6.00. The van der Waals surface area contributed by atoms with Crippen molar-refractivity contribution in [1.82, 2.24) is 18.7 Å². The Morgan fingerprint density at radius 1 is 1.16 bits per heavy atom. The number of anilines is 1. The maximum absolute atomic E-state index is 12.9. The second-order valence-electron chi connectivity index (χ2n) is 5.70. The van der Waals surface area contributed by atoms with Gasteiger partial charge in [0.05, 0.1) is 6.33 Å². The molecule has 0 saturated carbocycles. The van der Waals surface area contributed by atoms with Crippen LogP contribution < -0.4 is 16.6 Å². The first-order valence-corrected chi connectivity index (χ1v) is 7.50. The number of carbonyl (C=O) groups is 1. The van der Waals surface area contributed by atoms with Gasteiger partial charge in [-0.05, 0) is 31.2 Å². The zero-order valence-corrected chi connectivity index (χ0v) is 13.9. The quantitative estimate of drug-likeness (QED) is 0.759. The van der Waals surface area contributed by atoms with Crippen molar-refractivity contribution in [2.24, 2.45) is 14.1 Å². The SMILES string of the molecule is CC(C(=O)Nc1ccc(F)cc1)n1cnc2c1c(=O)n(C)c(=O)n2C. The number of hydrogen-bond acceptors (Lipinski definition) is 4. The first-order valence-electron chi connectivity index (χ1n) is 7.50. The van der Waals surface area contributed by atoms with E-state index < -0.39 is 29.0 Å². The van der Waals surface area contributed by atoms with E-state index in [4.69, 9.17) is 0 Å². The summed E-state index contributed by atoms with van der Waals surface area (Å²) in [6.07, 6.45) is 1.35. The number of halogens is 1. The summed E-state index contributed by atoms with van der Waals surface area (Å²) >= 11 is 0. The number of imidazole rings is 1. The Morgan fingerprint density at radius 2 is 1.80 bits per heavy atom. The van der Waals surface area contributed by atoms with Crippen molar-refractivity contribution in [3.63, 3.8) is 0 Å². The fourth-order valence-electron chi connectivity index (χ4n) is 2.56. The number of carbonyl (C=O) groups excluding carboxylic acids is 1. The summed E-state index contributed by atoms with van der Waals surface area (Å²) < 4.78 is 16.6. The third kappa shape index (κ3) is 2.73. The predicted octanol–water partition coefficient (Wildman–Crippen LogP) is 0.772. The third-order valence-corrected chi connectivity index (χ3v) is 4.08. The van der Waals surface area contributed by atoms with E-state index in [0.29, 0.717) is 5.69 Å². The van der Waals surface area contributed by atoms with Gasteiger partial charge in [0.25, 0.3) is 5.56 Å². The van der Waals surface area contributed by atoms with Crippen LogP contribution in [-0.2, 0) is 18.9 Å². The van der Waals surface area contributed by atoms with E-state index in [-0.39, 0.29) is 11.2 Å². The van der Waals surface area contributed by atoms with Crippen molar-refractivity contribution >= 4 is 22.8 Å². The lowest BCUT2D eigenvalue weighted by molar-refractivity contribution is -0.118. The molecule has 0 radical (unpaired) electrons. The van der Waals surface area contributed by atoms with Crippen LogP contribution in [0.15, 0.2) is 40.2 Å². The van der Waals surface area contributed by atoms with Gasteiger partial charge in [-0.15, -0.1) is 0 Å². The molecule has 0 aliphatic rings. The van der Waals surface area contributed by atoms with Crippen LogP contribution in [0.4, 0.5) is 10.1 Å². The number of hydrogen-bond donors (Lipinski definition) is 1. The lowest BCUT2D eigenvalue weighted by Gasteiger charge is -2.15. The molecule has 1 atom stereocenters. The van der Waals surface area contributed by atoms with Crippen molar-refractivity contribution in [2.75, 3.05) is 5.32 Å². The van der Waals surface area contributed by atoms with Crippen molar-refractivity contribution in [1.29, 1.82) is 0 Å². The van der Waals surface area contributed by atoms with Crippen LogP contribution in [0.2, 0.25) is 0 Å². The Bertz CT molecular complexity index is 1080. The number of aromatic nitrogens is 4. The molecule has 8 nitrogen and oxygen atoms in total. The van der Waals surface area contributed by atoms with Crippen molar-refractivity contribution < 1.29 is 9.18 Å². The number of benzene rings is 1. The van der Waals surface area contributed by atoms with E-state index in [2.05, 4.69) is 10.3 Å². The average Bonchev–Trinajstić information content (AvgIpc) is 3.04. The number of amides is 1. The van der Waals surface area contributed by atoms with Gasteiger partial charge in [-0.3, -0.25) is 18.7 Å². The van der Waals surface area contributed by atoms with E-state index in [9.17, 15) is 18.8 Å². The highest BCUT2D eigenvalue weighted by Crippen LogP contribution is 2.16. The second-order valence-corrected chi connectivity index (χ2v) is 5.70. The summed E-state index contributed by atoms with van der Waals surface area (Å²) in [4.78, 5) is 40.9. The molecule has 1 N–H and O–H groups in total. The third-order valence-electron chi connectivity index (χ3n) is 4.08. The molecule has 130 valence electrons. The maximum atomic E-state index is 12.9. The van der Waals surface area contributed by atoms with Gasteiger partial charge in [-0.25, -0.2) is 14.2 Å². The molecule has 0 aliphatic heterocycles. The van der Waals surface area contributed by atoms with E-state index in [1.807, 2.05) is 0 Å². The molecule has 3 rings (SSSR count). The Kier molecular flexibility index (Phi) is 3.99. The maximum Gasteiger partial charge on any atom is 0.332 e. The molecule has 2 heterocycles. The van der Waals surface area contributed by atoms with Gasteiger partial charge in [0.2, 0.25) is 5.91 Å². The molecular formula is C16H16FN5O3. The highest BCUT2D eigenvalue weighted by molar-refractivity contribution is 5.94. The molecule has 0 saturated heterocycles. The van der Waals surface area contributed by atoms with E-state index in [1.165, 1.54) is 53.8 Å². The molecule has 0 spiro atoms. The van der Waals surface area contributed by atoms with Crippen LogP contribution in [0.3, 0.4) is 0 Å². The van der Waals surface area contributed by atoms with Crippen LogP contribution in [0.5, 0.6) is 0 Å². The molecule has 2 aromatic heterocycles. The lowest BCUT2D eigenvalue weighted by Crippen LogP contribution is -2.38. The van der Waals surface area contributed by atoms with Crippen molar-refractivity contribution in [3.05, 3.63) is 57.2 Å². The predicted molar refractivity (Wildman–Crippen MR) is 90.0 cm³/mol. The standard InChI is InChI=1S/C16H16FN5O3/c1-9(14(23)19-11-6-4-10(17)5-7-11)22-8-18-13-12(22)15(24)21(3)16(25)20(13)2/h4-9H,1-3H3,(H,19,23). The number of fused-ring (bicyclic) bond motifs is 1. The molecule has 0 bridgehead atoms. The highest BCUT2D eigenvalue weighted by Gasteiger charge is 2.21. The Labute approximate surface area is 141 Å².